The Morgan fingerprint density at radius 2 is 2.15 bits per heavy atom. The topological polar surface area (TPSA) is 96.4 Å². The van der Waals surface area contributed by atoms with Crippen molar-refractivity contribution >= 4 is 27.3 Å². The van der Waals surface area contributed by atoms with Crippen molar-refractivity contribution in [3.8, 4) is 0 Å². The number of pyridine rings is 1. The zero-order valence-corrected chi connectivity index (χ0v) is 12.2. The number of aromatic carboxylic acids is 1. The Bertz CT molecular complexity index is 737. The number of aryl methyl sites for hydroxylation is 1. The average molecular weight is 312 g/mol. The number of sulfonamides is 1. The van der Waals surface area contributed by atoms with Gasteiger partial charge in [0.15, 0.2) is 0 Å². The van der Waals surface area contributed by atoms with E-state index in [-0.39, 0.29) is 15.6 Å². The lowest BCUT2D eigenvalue weighted by Gasteiger charge is -2.06. The van der Waals surface area contributed by atoms with Crippen molar-refractivity contribution in [2.24, 2.45) is 0 Å². The minimum Gasteiger partial charge on any atom is -0.477 e. The maximum absolute atomic E-state index is 12.0. The number of thiophene rings is 1. The van der Waals surface area contributed by atoms with Crippen molar-refractivity contribution in [1.82, 2.24) is 9.71 Å². The maximum Gasteiger partial charge on any atom is 0.345 e. The van der Waals surface area contributed by atoms with E-state index in [0.29, 0.717) is 17.0 Å². The van der Waals surface area contributed by atoms with Gasteiger partial charge in [0.25, 0.3) is 0 Å². The fourth-order valence-electron chi connectivity index (χ4n) is 1.52. The minimum atomic E-state index is -3.72. The van der Waals surface area contributed by atoms with E-state index in [1.807, 2.05) is 13.0 Å². The lowest BCUT2D eigenvalue weighted by Crippen LogP contribution is -2.23. The quantitative estimate of drug-likeness (QED) is 0.874. The van der Waals surface area contributed by atoms with Crippen LogP contribution >= 0.6 is 11.3 Å². The Labute approximate surface area is 120 Å². The third-order valence-electron chi connectivity index (χ3n) is 2.60. The number of aromatic nitrogens is 1. The van der Waals surface area contributed by atoms with Crippen LogP contribution in [0.1, 0.15) is 20.9 Å². The van der Waals surface area contributed by atoms with Gasteiger partial charge in [-0.25, -0.2) is 17.9 Å². The molecule has 0 aliphatic rings. The van der Waals surface area contributed by atoms with Gasteiger partial charge in [0.05, 0.1) is 12.2 Å². The predicted octanol–water partition coefficient (Wildman–Crippen LogP) is 1.63. The Balaban J connectivity index is 2.15. The van der Waals surface area contributed by atoms with Crippen LogP contribution in [0.3, 0.4) is 0 Å². The van der Waals surface area contributed by atoms with Crippen molar-refractivity contribution in [3.63, 3.8) is 0 Å². The van der Waals surface area contributed by atoms with E-state index in [4.69, 9.17) is 5.11 Å². The summed E-state index contributed by atoms with van der Waals surface area (Å²) in [6.45, 7) is 1.90. The number of nitrogens with zero attached hydrogens (tertiary/aromatic N) is 1. The minimum absolute atomic E-state index is 0.0145. The second-order valence-electron chi connectivity index (χ2n) is 4.02. The molecule has 0 atom stereocenters. The van der Waals surface area contributed by atoms with Gasteiger partial charge in [-0.05, 0) is 30.7 Å². The van der Waals surface area contributed by atoms with E-state index in [0.717, 1.165) is 5.56 Å². The van der Waals surface area contributed by atoms with Gasteiger partial charge in [-0.15, -0.1) is 11.3 Å². The fourth-order valence-corrected chi connectivity index (χ4v) is 3.69. The maximum atomic E-state index is 12.0. The Morgan fingerprint density at radius 3 is 2.75 bits per heavy atom. The number of nitrogens with one attached hydrogen (secondary N) is 1. The molecule has 0 saturated carbocycles. The molecule has 0 unspecified atom stereocenters. The van der Waals surface area contributed by atoms with Crippen LogP contribution in [0.2, 0.25) is 0 Å². The first-order valence-corrected chi connectivity index (χ1v) is 7.93. The summed E-state index contributed by atoms with van der Waals surface area (Å²) in [6.07, 6.45) is 1.59. The zero-order chi connectivity index (χ0) is 14.8. The number of carbonyl (C=O) groups is 1. The molecule has 0 aliphatic heterocycles. The Kier molecular flexibility index (Phi) is 4.17. The van der Waals surface area contributed by atoms with Gasteiger partial charge in [0, 0.05) is 6.20 Å². The summed E-state index contributed by atoms with van der Waals surface area (Å²) in [5, 5.41) is 8.79. The van der Waals surface area contributed by atoms with Crippen LogP contribution in [0.25, 0.3) is 0 Å². The number of carboxylic acid groups (broad SMARTS) is 1. The normalized spacial score (nSPS) is 11.4. The van der Waals surface area contributed by atoms with E-state index in [1.165, 1.54) is 12.1 Å². The number of hydrogen-bond donors (Lipinski definition) is 2. The SMILES string of the molecule is Cc1cccnc1CNS(=O)(=O)c1ccc(C(=O)O)s1. The molecule has 0 bridgehead atoms. The highest BCUT2D eigenvalue weighted by Gasteiger charge is 2.19. The molecule has 0 aromatic carbocycles. The molecule has 20 heavy (non-hydrogen) atoms. The number of hydrogen-bond acceptors (Lipinski definition) is 5. The first-order chi connectivity index (χ1) is 9.40. The molecular weight excluding hydrogens is 300 g/mol. The first-order valence-electron chi connectivity index (χ1n) is 5.63. The summed E-state index contributed by atoms with van der Waals surface area (Å²) in [5.74, 6) is -1.14. The van der Waals surface area contributed by atoms with Crippen molar-refractivity contribution in [3.05, 3.63) is 46.6 Å². The summed E-state index contributed by atoms with van der Waals surface area (Å²) in [4.78, 5) is 14.8. The monoisotopic (exact) mass is 312 g/mol. The van der Waals surface area contributed by atoms with Gasteiger partial charge in [0.1, 0.15) is 9.09 Å². The van der Waals surface area contributed by atoms with Crippen molar-refractivity contribution in [2.45, 2.75) is 17.7 Å². The first kappa shape index (κ1) is 14.6. The van der Waals surface area contributed by atoms with E-state index in [9.17, 15) is 13.2 Å². The molecule has 2 aromatic heterocycles. The van der Waals surface area contributed by atoms with E-state index in [2.05, 4.69) is 9.71 Å². The summed E-state index contributed by atoms with van der Waals surface area (Å²) < 4.78 is 26.4. The highest BCUT2D eigenvalue weighted by Crippen LogP contribution is 2.21. The Morgan fingerprint density at radius 1 is 1.40 bits per heavy atom. The van der Waals surface area contributed by atoms with Gasteiger partial charge in [-0.3, -0.25) is 4.98 Å². The molecule has 2 aromatic rings. The third-order valence-corrected chi connectivity index (χ3v) is 5.57. The van der Waals surface area contributed by atoms with Gasteiger partial charge < -0.3 is 5.11 Å². The highest BCUT2D eigenvalue weighted by molar-refractivity contribution is 7.91. The Hall–Kier alpha value is -1.77. The van der Waals surface area contributed by atoms with Crippen LogP contribution in [0, 0.1) is 6.92 Å². The summed E-state index contributed by atoms with van der Waals surface area (Å²) in [5.41, 5.74) is 1.51. The second kappa shape index (κ2) is 5.70. The zero-order valence-electron chi connectivity index (χ0n) is 10.5. The van der Waals surface area contributed by atoms with E-state index >= 15 is 0 Å². The number of carboxylic acids is 1. The lowest BCUT2D eigenvalue weighted by molar-refractivity contribution is 0.0702. The molecule has 0 fully saturated rings. The fraction of sp³-hybridized carbons (Fsp3) is 0.167. The predicted molar refractivity (Wildman–Crippen MR) is 74.3 cm³/mol. The molecule has 106 valence electrons. The van der Waals surface area contributed by atoms with Gasteiger partial charge in [0.2, 0.25) is 10.0 Å². The third kappa shape index (κ3) is 3.21. The van der Waals surface area contributed by atoms with Gasteiger partial charge in [-0.1, -0.05) is 6.07 Å². The largest absolute Gasteiger partial charge is 0.477 e. The molecule has 0 amide bonds. The smallest absolute Gasteiger partial charge is 0.345 e. The summed E-state index contributed by atoms with van der Waals surface area (Å²) >= 11 is 0.717. The van der Waals surface area contributed by atoms with Crippen LogP contribution in [0.5, 0.6) is 0 Å². The standard InChI is InChI=1S/C12H12N2O4S2/c1-8-3-2-6-13-9(8)7-14-20(17,18)11-5-4-10(19-11)12(15)16/h2-6,14H,7H2,1H3,(H,15,16). The highest BCUT2D eigenvalue weighted by atomic mass is 32.2. The molecule has 2 rings (SSSR count). The summed E-state index contributed by atoms with van der Waals surface area (Å²) in [7, 11) is -3.72. The molecule has 2 N–H and O–H groups in total. The molecule has 6 nitrogen and oxygen atoms in total. The van der Waals surface area contributed by atoms with Crippen LogP contribution in [-0.4, -0.2) is 24.5 Å². The van der Waals surface area contributed by atoms with Crippen molar-refractivity contribution < 1.29 is 18.3 Å². The van der Waals surface area contributed by atoms with Gasteiger partial charge in [-0.2, -0.15) is 0 Å². The van der Waals surface area contributed by atoms with Crippen LogP contribution in [0.4, 0.5) is 0 Å². The lowest BCUT2D eigenvalue weighted by atomic mass is 10.2. The number of rotatable bonds is 5. The molecule has 0 radical (unpaired) electrons. The van der Waals surface area contributed by atoms with Crippen molar-refractivity contribution in [1.29, 1.82) is 0 Å². The molecule has 0 aliphatic carbocycles. The molecule has 2 heterocycles. The molecule has 8 heteroatoms. The summed E-state index contributed by atoms with van der Waals surface area (Å²) in [6, 6.07) is 6.16. The van der Waals surface area contributed by atoms with Crippen LogP contribution in [0.15, 0.2) is 34.7 Å². The average Bonchev–Trinajstić information content (AvgIpc) is 2.88. The molecular formula is C12H12N2O4S2. The second-order valence-corrected chi connectivity index (χ2v) is 7.09. The van der Waals surface area contributed by atoms with Gasteiger partial charge >= 0.3 is 5.97 Å². The van der Waals surface area contributed by atoms with E-state index in [1.54, 1.807) is 12.3 Å². The molecule has 0 spiro atoms. The van der Waals surface area contributed by atoms with Crippen LogP contribution in [-0.2, 0) is 16.6 Å². The van der Waals surface area contributed by atoms with Crippen molar-refractivity contribution in [2.75, 3.05) is 0 Å². The molecule has 0 saturated heterocycles. The van der Waals surface area contributed by atoms with E-state index < -0.39 is 16.0 Å². The van der Waals surface area contributed by atoms with Crippen LogP contribution < -0.4 is 4.72 Å².